The fourth-order valence-corrected chi connectivity index (χ4v) is 1.87. The highest BCUT2D eigenvalue weighted by atomic mass is 16.5. The van der Waals surface area contributed by atoms with Crippen molar-refractivity contribution in [2.75, 3.05) is 6.61 Å². The first-order chi connectivity index (χ1) is 7.68. The number of benzene rings is 1. The molecule has 0 aliphatic carbocycles. The molecule has 2 rings (SSSR count). The Hall–Kier alpha value is -1.55. The Morgan fingerprint density at radius 2 is 2.44 bits per heavy atom. The van der Waals surface area contributed by atoms with E-state index >= 15 is 0 Å². The lowest BCUT2D eigenvalue weighted by Crippen LogP contribution is -2.05. The third-order valence-electron chi connectivity index (χ3n) is 2.65. The quantitative estimate of drug-likeness (QED) is 0.794. The van der Waals surface area contributed by atoms with Crippen LogP contribution in [-0.2, 0) is 20.9 Å². The second kappa shape index (κ2) is 4.53. The Bertz CT molecular complexity index is 400. The van der Waals surface area contributed by atoms with Gasteiger partial charge < -0.3 is 14.6 Å². The molecule has 1 aliphatic heterocycles. The molecule has 1 N–H and O–H groups in total. The monoisotopic (exact) mass is 222 g/mol. The van der Waals surface area contributed by atoms with Gasteiger partial charge in [-0.2, -0.15) is 0 Å². The summed E-state index contributed by atoms with van der Waals surface area (Å²) in [5, 5.41) is 9.60. The molecule has 1 atom stereocenters. The molecule has 1 aromatic rings. The number of esters is 1. The number of phenols is 1. The van der Waals surface area contributed by atoms with Crippen LogP contribution in [0.1, 0.15) is 30.6 Å². The summed E-state index contributed by atoms with van der Waals surface area (Å²) >= 11 is 0. The molecule has 4 heteroatoms. The van der Waals surface area contributed by atoms with Gasteiger partial charge in [0.2, 0.25) is 0 Å². The average molecular weight is 222 g/mol. The number of carbonyl (C=O) groups is 1. The molecule has 0 spiro atoms. The molecule has 0 bridgehead atoms. The van der Waals surface area contributed by atoms with Crippen molar-refractivity contribution in [1.82, 2.24) is 0 Å². The Morgan fingerprint density at radius 3 is 3.19 bits per heavy atom. The number of hydrogen-bond acceptors (Lipinski definition) is 4. The number of carbonyl (C=O) groups excluding carboxylic acids is 1. The van der Waals surface area contributed by atoms with E-state index in [0.29, 0.717) is 19.6 Å². The van der Waals surface area contributed by atoms with Crippen LogP contribution in [0.25, 0.3) is 0 Å². The Labute approximate surface area is 93.8 Å². The number of aromatic hydroxyl groups is 1. The average Bonchev–Trinajstić information content (AvgIpc) is 2.63. The third kappa shape index (κ3) is 2.17. The number of hydrogen-bond donors (Lipinski definition) is 1. The first kappa shape index (κ1) is 11.0. The molecule has 0 saturated heterocycles. The summed E-state index contributed by atoms with van der Waals surface area (Å²) in [5.74, 6) is -0.0124. The van der Waals surface area contributed by atoms with Crippen LogP contribution in [0.2, 0.25) is 0 Å². The van der Waals surface area contributed by atoms with E-state index in [-0.39, 0.29) is 17.8 Å². The van der Waals surface area contributed by atoms with Gasteiger partial charge in [-0.1, -0.05) is 12.1 Å². The summed E-state index contributed by atoms with van der Waals surface area (Å²) < 4.78 is 10.4. The number of fused-ring (bicyclic) bond motifs is 1. The predicted molar refractivity (Wildman–Crippen MR) is 56.9 cm³/mol. The molecule has 0 fully saturated rings. The summed E-state index contributed by atoms with van der Waals surface area (Å²) in [5.41, 5.74) is 1.84. The molecule has 0 saturated carbocycles. The zero-order valence-electron chi connectivity index (χ0n) is 9.10. The maximum atomic E-state index is 10.6. The van der Waals surface area contributed by atoms with Crippen molar-refractivity contribution in [2.24, 2.45) is 0 Å². The van der Waals surface area contributed by atoms with Gasteiger partial charge in [-0.05, 0) is 11.6 Å². The SMILES string of the molecule is CC(=O)OCCC1OCc2c(O)cccc21. The molecule has 1 heterocycles. The summed E-state index contributed by atoms with van der Waals surface area (Å²) in [4.78, 5) is 10.6. The third-order valence-corrected chi connectivity index (χ3v) is 2.65. The van der Waals surface area contributed by atoms with Crippen molar-refractivity contribution in [3.63, 3.8) is 0 Å². The molecule has 16 heavy (non-hydrogen) atoms. The van der Waals surface area contributed by atoms with Gasteiger partial charge >= 0.3 is 5.97 Å². The highest BCUT2D eigenvalue weighted by Gasteiger charge is 2.25. The van der Waals surface area contributed by atoms with Crippen molar-refractivity contribution in [1.29, 1.82) is 0 Å². The van der Waals surface area contributed by atoms with Gasteiger partial charge in [0.05, 0.1) is 19.3 Å². The molecule has 4 nitrogen and oxygen atoms in total. The maximum Gasteiger partial charge on any atom is 0.302 e. The van der Waals surface area contributed by atoms with E-state index in [9.17, 15) is 9.90 Å². The van der Waals surface area contributed by atoms with Crippen molar-refractivity contribution < 1.29 is 19.4 Å². The van der Waals surface area contributed by atoms with Crippen LogP contribution in [0.15, 0.2) is 18.2 Å². The van der Waals surface area contributed by atoms with Crippen molar-refractivity contribution in [2.45, 2.75) is 26.1 Å². The Morgan fingerprint density at radius 1 is 1.62 bits per heavy atom. The minimum atomic E-state index is -0.283. The fraction of sp³-hybridized carbons (Fsp3) is 0.417. The van der Waals surface area contributed by atoms with Gasteiger partial charge in [0.1, 0.15) is 5.75 Å². The lowest BCUT2D eigenvalue weighted by atomic mass is 10.0. The topological polar surface area (TPSA) is 55.8 Å². The Balaban J connectivity index is 2.01. The van der Waals surface area contributed by atoms with Gasteiger partial charge in [-0.25, -0.2) is 0 Å². The largest absolute Gasteiger partial charge is 0.508 e. The molecule has 0 radical (unpaired) electrons. The first-order valence-corrected chi connectivity index (χ1v) is 5.24. The molecular formula is C12H14O4. The summed E-state index contributed by atoms with van der Waals surface area (Å²) in [6.45, 7) is 2.15. The number of ether oxygens (including phenoxy) is 2. The second-order valence-corrected chi connectivity index (χ2v) is 3.77. The van der Waals surface area contributed by atoms with Gasteiger partial charge in [0, 0.05) is 18.9 Å². The van der Waals surface area contributed by atoms with E-state index in [4.69, 9.17) is 9.47 Å². The summed E-state index contributed by atoms with van der Waals surface area (Å²) in [6, 6.07) is 5.37. The molecule has 1 unspecified atom stereocenters. The second-order valence-electron chi connectivity index (χ2n) is 3.77. The molecule has 1 aromatic carbocycles. The number of phenolic OH excluding ortho intramolecular Hbond substituents is 1. The molecular weight excluding hydrogens is 208 g/mol. The lowest BCUT2D eigenvalue weighted by molar-refractivity contribution is -0.141. The molecule has 0 aromatic heterocycles. The van der Waals surface area contributed by atoms with Crippen LogP contribution in [0.3, 0.4) is 0 Å². The highest BCUT2D eigenvalue weighted by molar-refractivity contribution is 5.65. The van der Waals surface area contributed by atoms with Crippen LogP contribution >= 0.6 is 0 Å². The molecule has 86 valence electrons. The summed E-state index contributed by atoms with van der Waals surface area (Å²) in [7, 11) is 0. The minimum Gasteiger partial charge on any atom is -0.508 e. The van der Waals surface area contributed by atoms with E-state index in [2.05, 4.69) is 0 Å². The lowest BCUT2D eigenvalue weighted by Gasteiger charge is -2.10. The zero-order valence-corrected chi connectivity index (χ0v) is 9.10. The normalized spacial score (nSPS) is 18.2. The Kier molecular flexibility index (Phi) is 3.10. The van der Waals surface area contributed by atoms with Crippen LogP contribution in [-0.4, -0.2) is 17.7 Å². The van der Waals surface area contributed by atoms with Gasteiger partial charge in [-0.3, -0.25) is 4.79 Å². The highest BCUT2D eigenvalue weighted by Crippen LogP contribution is 2.37. The predicted octanol–water partition coefficient (Wildman–Crippen LogP) is 1.92. The van der Waals surface area contributed by atoms with E-state index in [1.54, 1.807) is 12.1 Å². The van der Waals surface area contributed by atoms with Crippen molar-refractivity contribution in [3.05, 3.63) is 29.3 Å². The minimum absolute atomic E-state index is 0.0820. The van der Waals surface area contributed by atoms with Crippen LogP contribution in [0, 0.1) is 0 Å². The van der Waals surface area contributed by atoms with Gasteiger partial charge in [-0.15, -0.1) is 0 Å². The number of rotatable bonds is 3. The van der Waals surface area contributed by atoms with Crippen LogP contribution in [0.4, 0.5) is 0 Å². The van der Waals surface area contributed by atoms with E-state index in [1.807, 2.05) is 6.07 Å². The summed E-state index contributed by atoms with van der Waals surface area (Å²) in [6.07, 6.45) is 0.539. The molecule has 1 aliphatic rings. The van der Waals surface area contributed by atoms with Crippen molar-refractivity contribution in [3.8, 4) is 5.75 Å². The maximum absolute atomic E-state index is 10.6. The van der Waals surface area contributed by atoms with E-state index in [0.717, 1.165) is 11.1 Å². The van der Waals surface area contributed by atoms with E-state index in [1.165, 1.54) is 6.92 Å². The van der Waals surface area contributed by atoms with Gasteiger partial charge in [0.15, 0.2) is 0 Å². The standard InChI is InChI=1S/C12H14O4/c1-8(13)15-6-5-12-9-3-2-4-11(14)10(9)7-16-12/h2-4,12,14H,5-7H2,1H3. The molecule has 0 amide bonds. The van der Waals surface area contributed by atoms with Crippen LogP contribution in [0.5, 0.6) is 5.75 Å². The zero-order chi connectivity index (χ0) is 11.5. The van der Waals surface area contributed by atoms with Crippen LogP contribution < -0.4 is 0 Å². The fourth-order valence-electron chi connectivity index (χ4n) is 1.87. The van der Waals surface area contributed by atoms with Gasteiger partial charge in [0.25, 0.3) is 0 Å². The first-order valence-electron chi connectivity index (χ1n) is 5.24. The van der Waals surface area contributed by atoms with Crippen molar-refractivity contribution >= 4 is 5.97 Å². The van der Waals surface area contributed by atoms with E-state index < -0.39 is 0 Å². The smallest absolute Gasteiger partial charge is 0.302 e.